The third-order valence-corrected chi connectivity index (χ3v) is 3.83. The number of thiol groups is 1. The molecule has 0 radical (unpaired) electrons. The van der Waals surface area contributed by atoms with Crippen molar-refractivity contribution in [1.82, 2.24) is 9.55 Å². The first-order valence-corrected chi connectivity index (χ1v) is 8.60. The van der Waals surface area contributed by atoms with E-state index in [1.807, 2.05) is 4.98 Å². The molecule has 1 aromatic heterocycles. The van der Waals surface area contributed by atoms with Crippen molar-refractivity contribution in [3.8, 4) is 0 Å². The Morgan fingerprint density at radius 3 is 2.81 bits per heavy atom. The fraction of sp³-hybridized carbons (Fsp3) is 0.600. The Kier molecular flexibility index (Phi) is 5.05. The largest absolute Gasteiger partial charge is 0.391 e. The summed E-state index contributed by atoms with van der Waals surface area (Å²) in [5.41, 5.74) is -1.50. The molecule has 118 valence electrons. The lowest BCUT2D eigenvalue weighted by Crippen LogP contribution is -2.37. The highest BCUT2D eigenvalue weighted by Gasteiger charge is 2.49. The Labute approximate surface area is 123 Å². The van der Waals surface area contributed by atoms with Gasteiger partial charge in [0.25, 0.3) is 5.56 Å². The monoisotopic (exact) mass is 340 g/mol. The van der Waals surface area contributed by atoms with Crippen LogP contribution in [-0.4, -0.2) is 39.1 Å². The van der Waals surface area contributed by atoms with Gasteiger partial charge in [-0.05, 0) is 6.92 Å². The topological polar surface area (TPSA) is 111 Å². The van der Waals surface area contributed by atoms with Gasteiger partial charge >= 0.3 is 5.69 Å². The number of aromatic amines is 1. The van der Waals surface area contributed by atoms with Crippen LogP contribution in [-0.2, 0) is 13.8 Å². The molecule has 1 aromatic rings. The van der Waals surface area contributed by atoms with Crippen LogP contribution < -0.4 is 11.2 Å². The first-order chi connectivity index (χ1) is 9.81. The number of nitrogens with one attached hydrogen (secondary N) is 1. The van der Waals surface area contributed by atoms with E-state index in [9.17, 15) is 23.7 Å². The van der Waals surface area contributed by atoms with E-state index in [1.165, 1.54) is 6.92 Å². The highest BCUT2D eigenvalue weighted by Crippen LogP contribution is 2.40. The molecular weight excluding hydrogens is 326 g/mol. The number of aliphatic hydroxyl groups is 1. The quantitative estimate of drug-likeness (QED) is 0.520. The van der Waals surface area contributed by atoms with Gasteiger partial charge in [0, 0.05) is 12.3 Å². The summed E-state index contributed by atoms with van der Waals surface area (Å²) in [5.74, 6) is 0. The predicted molar refractivity (Wildman–Crippen MR) is 74.7 cm³/mol. The molecule has 1 aliphatic heterocycles. The van der Waals surface area contributed by atoms with Crippen molar-refractivity contribution < 1.29 is 23.3 Å². The van der Waals surface area contributed by atoms with E-state index < -0.39 is 49.2 Å². The third kappa shape index (κ3) is 3.46. The zero-order valence-electron chi connectivity index (χ0n) is 10.8. The molecule has 2 heterocycles. The summed E-state index contributed by atoms with van der Waals surface area (Å²) in [7, 11) is -2.77. The van der Waals surface area contributed by atoms with Crippen LogP contribution in [0.5, 0.6) is 0 Å². The van der Waals surface area contributed by atoms with Crippen LogP contribution in [0.3, 0.4) is 0 Å². The Bertz CT molecular complexity index is 649. The van der Waals surface area contributed by atoms with Crippen molar-refractivity contribution in [3.63, 3.8) is 0 Å². The minimum atomic E-state index is -2.77. The maximum Gasteiger partial charge on any atom is 0.330 e. The predicted octanol–water partition coefficient (Wildman–Crippen LogP) is -0.142. The molecule has 5 unspecified atom stereocenters. The lowest BCUT2D eigenvalue weighted by atomic mass is 10.1. The zero-order chi connectivity index (χ0) is 15.7. The van der Waals surface area contributed by atoms with Crippen molar-refractivity contribution in [2.24, 2.45) is 0 Å². The molecule has 0 amide bonds. The van der Waals surface area contributed by atoms with Crippen LogP contribution in [0.1, 0.15) is 13.2 Å². The van der Waals surface area contributed by atoms with Gasteiger partial charge in [0.15, 0.2) is 12.4 Å². The zero-order valence-corrected chi connectivity index (χ0v) is 12.7. The number of aliphatic hydroxyl groups excluding tert-OH is 1. The summed E-state index contributed by atoms with van der Waals surface area (Å²) in [5, 5.41) is 9.60. The van der Waals surface area contributed by atoms with Gasteiger partial charge in [0.1, 0.15) is 12.2 Å². The normalized spacial score (nSPS) is 32.0. The van der Waals surface area contributed by atoms with Crippen LogP contribution in [0.15, 0.2) is 21.9 Å². The Morgan fingerprint density at radius 1 is 1.62 bits per heavy atom. The average molecular weight is 340 g/mol. The lowest BCUT2D eigenvalue weighted by Gasteiger charge is -2.20. The SMILES string of the molecule is C[C@H](O)C1OC(n2ccc(=O)[nH]c2=O)C(F)C1O[PH](=O)S. The maximum absolute atomic E-state index is 14.4. The molecule has 0 aromatic carbocycles. The van der Waals surface area contributed by atoms with Gasteiger partial charge in [-0.3, -0.25) is 18.9 Å². The smallest absolute Gasteiger partial charge is 0.330 e. The number of aromatic nitrogens is 2. The van der Waals surface area contributed by atoms with Crippen LogP contribution in [0.2, 0.25) is 0 Å². The summed E-state index contributed by atoms with van der Waals surface area (Å²) in [6.07, 6.45) is -5.78. The summed E-state index contributed by atoms with van der Waals surface area (Å²) in [4.78, 5) is 24.6. The molecule has 1 aliphatic rings. The minimum absolute atomic E-state index is 0.634. The number of hydrogen-bond acceptors (Lipinski definition) is 6. The van der Waals surface area contributed by atoms with Gasteiger partial charge in [-0.15, -0.1) is 0 Å². The molecular formula is C10H14FN2O6PS. The van der Waals surface area contributed by atoms with E-state index in [2.05, 4.69) is 12.2 Å². The highest BCUT2D eigenvalue weighted by atomic mass is 32.7. The van der Waals surface area contributed by atoms with E-state index in [1.54, 1.807) is 0 Å². The van der Waals surface area contributed by atoms with Crippen LogP contribution in [0.25, 0.3) is 0 Å². The molecule has 1 fully saturated rings. The second kappa shape index (κ2) is 6.45. The average Bonchev–Trinajstić information content (AvgIpc) is 2.67. The van der Waals surface area contributed by atoms with Gasteiger partial charge in [0.2, 0.25) is 7.23 Å². The molecule has 21 heavy (non-hydrogen) atoms. The van der Waals surface area contributed by atoms with Crippen LogP contribution >= 0.6 is 19.5 Å². The Balaban J connectivity index is 2.35. The first-order valence-electron chi connectivity index (χ1n) is 6.00. The van der Waals surface area contributed by atoms with Gasteiger partial charge in [-0.1, -0.05) is 12.2 Å². The first kappa shape index (κ1) is 16.4. The maximum atomic E-state index is 14.4. The molecule has 2 rings (SSSR count). The van der Waals surface area contributed by atoms with Crippen LogP contribution in [0.4, 0.5) is 4.39 Å². The fourth-order valence-electron chi connectivity index (χ4n) is 2.14. The van der Waals surface area contributed by atoms with Crippen molar-refractivity contribution >= 4 is 19.5 Å². The number of nitrogens with zero attached hydrogens (tertiary/aromatic N) is 1. The summed E-state index contributed by atoms with van der Waals surface area (Å²) < 4.78 is 36.5. The van der Waals surface area contributed by atoms with Crippen molar-refractivity contribution in [2.75, 3.05) is 0 Å². The molecule has 11 heteroatoms. The van der Waals surface area contributed by atoms with Crippen molar-refractivity contribution in [3.05, 3.63) is 33.1 Å². The highest BCUT2D eigenvalue weighted by molar-refractivity contribution is 8.39. The second-order valence-corrected chi connectivity index (χ2v) is 6.41. The Hall–Kier alpha value is -0.930. The molecule has 1 saturated heterocycles. The number of hydrogen-bond donors (Lipinski definition) is 3. The van der Waals surface area contributed by atoms with Crippen molar-refractivity contribution in [2.45, 2.75) is 37.6 Å². The number of halogens is 1. The molecule has 0 spiro atoms. The number of H-pyrrole nitrogens is 1. The number of rotatable bonds is 4. The van der Waals surface area contributed by atoms with E-state index in [4.69, 9.17) is 9.26 Å². The molecule has 6 atom stereocenters. The van der Waals surface area contributed by atoms with Gasteiger partial charge in [0.05, 0.1) is 6.10 Å². The Morgan fingerprint density at radius 2 is 2.29 bits per heavy atom. The number of ether oxygens (including phenoxy) is 1. The number of alkyl halides is 1. The molecule has 0 aliphatic carbocycles. The van der Waals surface area contributed by atoms with Crippen LogP contribution in [0, 0.1) is 0 Å². The van der Waals surface area contributed by atoms with Gasteiger partial charge in [-0.25, -0.2) is 9.18 Å². The minimum Gasteiger partial charge on any atom is -0.391 e. The van der Waals surface area contributed by atoms with E-state index in [0.717, 1.165) is 16.8 Å². The molecule has 0 saturated carbocycles. The molecule has 8 nitrogen and oxygen atoms in total. The van der Waals surface area contributed by atoms with Crippen molar-refractivity contribution in [1.29, 1.82) is 0 Å². The fourth-order valence-corrected chi connectivity index (χ4v) is 3.00. The molecule has 0 bridgehead atoms. The second-order valence-electron chi connectivity index (χ2n) is 4.54. The van der Waals surface area contributed by atoms with Gasteiger partial charge < -0.3 is 14.4 Å². The van der Waals surface area contributed by atoms with Gasteiger partial charge in [-0.2, -0.15) is 0 Å². The standard InChI is InChI=1S/C10H14FN2O6PS/c1-4(14)7-8(19-20(17)21)6(11)9(18-7)13-3-2-5(15)12-10(13)16/h2-4,6-9,14,20H,1H3,(H,17,21)(H,12,15,16)/t4-,6?,7?,8?,9?/m0/s1. The summed E-state index contributed by atoms with van der Waals surface area (Å²) in [6, 6.07) is 1.03. The van der Waals surface area contributed by atoms with E-state index in [-0.39, 0.29) is 0 Å². The lowest BCUT2D eigenvalue weighted by molar-refractivity contribution is -0.0747. The summed E-state index contributed by atoms with van der Waals surface area (Å²) >= 11 is 3.58. The van der Waals surface area contributed by atoms with E-state index in [0.29, 0.717) is 0 Å². The van der Waals surface area contributed by atoms with E-state index >= 15 is 0 Å². The summed E-state index contributed by atoms with van der Waals surface area (Å²) in [6.45, 7) is 1.35. The third-order valence-electron chi connectivity index (χ3n) is 3.04. The molecule has 2 N–H and O–H groups in total.